The fourth-order valence-electron chi connectivity index (χ4n) is 2.29. The van der Waals surface area contributed by atoms with Crippen LogP contribution < -0.4 is 0 Å². The van der Waals surface area contributed by atoms with Gasteiger partial charge in [-0.05, 0) is 6.07 Å². The van der Waals surface area contributed by atoms with Crippen molar-refractivity contribution in [3.05, 3.63) is 41.7 Å². The molecule has 0 radical (unpaired) electrons. The third kappa shape index (κ3) is 0.932. The van der Waals surface area contributed by atoms with Gasteiger partial charge < -0.3 is 0 Å². The Morgan fingerprint density at radius 1 is 1.00 bits per heavy atom. The molecule has 3 aromatic rings. The molecule has 0 spiro atoms. The van der Waals surface area contributed by atoms with Crippen LogP contribution in [0.2, 0.25) is 0 Å². The van der Waals surface area contributed by atoms with Gasteiger partial charge in [0.1, 0.15) is 5.69 Å². The summed E-state index contributed by atoms with van der Waals surface area (Å²) in [6.07, 6.45) is 3.08. The Hall–Kier alpha value is -2.56. The minimum Gasteiger partial charge on any atom is -0.288 e. The fraction of sp³-hybridized carbons (Fsp3) is 0. The molecule has 0 unspecified atom stereocenters. The van der Waals surface area contributed by atoms with Gasteiger partial charge in [0.25, 0.3) is 0 Å². The van der Waals surface area contributed by atoms with E-state index in [1.54, 1.807) is 6.20 Å². The van der Waals surface area contributed by atoms with E-state index in [0.29, 0.717) is 11.1 Å². The normalized spacial score (nSPS) is 12.8. The van der Waals surface area contributed by atoms with Crippen LogP contribution in [0.1, 0.15) is 15.9 Å². The van der Waals surface area contributed by atoms with Gasteiger partial charge in [-0.2, -0.15) is 15.3 Å². The molecule has 5 heteroatoms. The van der Waals surface area contributed by atoms with Crippen molar-refractivity contribution < 1.29 is 4.79 Å². The van der Waals surface area contributed by atoms with Gasteiger partial charge in [-0.25, -0.2) is 0 Å². The summed E-state index contributed by atoms with van der Waals surface area (Å²) in [4.78, 5) is 12.3. The van der Waals surface area contributed by atoms with Crippen LogP contribution in [-0.2, 0) is 0 Å². The number of carbonyl (C=O) groups is 1. The zero-order valence-electron chi connectivity index (χ0n) is 8.64. The molecule has 1 aromatic carbocycles. The standard InChI is InChI=1S/C12H6N4O/c17-12-6-2-1-3-9-10(6)11(16-15-9)7-4-13-14-5-8(7)12/h1-5H,(H,15,16). The number of hydrogen-bond acceptors (Lipinski definition) is 4. The third-order valence-corrected chi connectivity index (χ3v) is 3.06. The highest BCUT2D eigenvalue weighted by molar-refractivity contribution is 6.24. The average molecular weight is 222 g/mol. The number of nitrogens with zero attached hydrogens (tertiary/aromatic N) is 3. The average Bonchev–Trinajstić information content (AvgIpc) is 2.81. The molecule has 0 saturated heterocycles. The second-order valence-electron chi connectivity index (χ2n) is 3.95. The van der Waals surface area contributed by atoms with Crippen LogP contribution >= 0.6 is 0 Å². The number of rotatable bonds is 0. The van der Waals surface area contributed by atoms with Crippen LogP contribution in [0, 0.1) is 0 Å². The second kappa shape index (κ2) is 2.76. The fourth-order valence-corrected chi connectivity index (χ4v) is 2.29. The summed E-state index contributed by atoms with van der Waals surface area (Å²) in [6, 6.07) is 5.56. The van der Waals surface area contributed by atoms with Gasteiger partial charge >= 0.3 is 0 Å². The van der Waals surface area contributed by atoms with Gasteiger partial charge in [-0.15, -0.1) is 0 Å². The van der Waals surface area contributed by atoms with Crippen LogP contribution in [0.4, 0.5) is 0 Å². The Morgan fingerprint density at radius 2 is 1.82 bits per heavy atom. The molecule has 2 aromatic heterocycles. The minimum atomic E-state index is -0.0191. The Balaban J connectivity index is 2.27. The molecule has 1 aliphatic carbocycles. The summed E-state index contributed by atoms with van der Waals surface area (Å²) in [5.41, 5.74) is 3.63. The number of fused-ring (bicyclic) bond motifs is 2. The van der Waals surface area contributed by atoms with Crippen molar-refractivity contribution in [2.45, 2.75) is 0 Å². The lowest BCUT2D eigenvalue weighted by Gasteiger charge is -2.12. The molecule has 0 bridgehead atoms. The zero-order chi connectivity index (χ0) is 11.4. The zero-order valence-corrected chi connectivity index (χ0v) is 8.64. The molecule has 0 saturated carbocycles. The van der Waals surface area contributed by atoms with Gasteiger partial charge in [-0.1, -0.05) is 12.1 Å². The molecule has 0 aliphatic heterocycles. The van der Waals surface area contributed by atoms with Crippen LogP contribution in [0.15, 0.2) is 30.6 Å². The number of aromatic nitrogens is 4. The molecule has 0 amide bonds. The number of carbonyl (C=O) groups excluding carboxylic acids is 1. The maximum Gasteiger partial charge on any atom is 0.196 e. The maximum absolute atomic E-state index is 12.3. The Morgan fingerprint density at radius 3 is 2.71 bits per heavy atom. The number of ketones is 1. The lowest BCUT2D eigenvalue weighted by Crippen LogP contribution is -2.10. The predicted octanol–water partition coefficient (Wildman–Crippen LogP) is 1.56. The van der Waals surface area contributed by atoms with E-state index < -0.39 is 0 Å². The highest BCUT2D eigenvalue weighted by atomic mass is 16.1. The second-order valence-corrected chi connectivity index (χ2v) is 3.95. The first-order valence-electron chi connectivity index (χ1n) is 5.19. The summed E-state index contributed by atoms with van der Waals surface area (Å²) >= 11 is 0. The summed E-state index contributed by atoms with van der Waals surface area (Å²) in [6.45, 7) is 0. The lowest BCUT2D eigenvalue weighted by atomic mass is 9.89. The molecule has 17 heavy (non-hydrogen) atoms. The summed E-state index contributed by atoms with van der Waals surface area (Å²) in [7, 11) is 0. The van der Waals surface area contributed by atoms with E-state index in [1.165, 1.54) is 6.20 Å². The molecule has 1 N–H and O–H groups in total. The molecule has 2 heterocycles. The van der Waals surface area contributed by atoms with Gasteiger partial charge in [-0.3, -0.25) is 9.89 Å². The van der Waals surface area contributed by atoms with Gasteiger partial charge in [0.2, 0.25) is 0 Å². The van der Waals surface area contributed by atoms with Crippen LogP contribution in [0.25, 0.3) is 22.2 Å². The van der Waals surface area contributed by atoms with Crippen LogP contribution in [-0.4, -0.2) is 26.2 Å². The number of nitrogens with one attached hydrogen (secondary N) is 1. The first-order chi connectivity index (χ1) is 8.36. The van der Waals surface area contributed by atoms with Crippen molar-refractivity contribution >= 4 is 16.7 Å². The molecular weight excluding hydrogens is 216 g/mol. The minimum absolute atomic E-state index is 0.0191. The van der Waals surface area contributed by atoms with E-state index in [1.807, 2.05) is 18.2 Å². The molecule has 0 fully saturated rings. The van der Waals surface area contributed by atoms with E-state index >= 15 is 0 Å². The molecule has 0 atom stereocenters. The van der Waals surface area contributed by atoms with E-state index in [2.05, 4.69) is 20.4 Å². The number of H-pyrrole nitrogens is 1. The first-order valence-corrected chi connectivity index (χ1v) is 5.19. The molecular formula is C12H6N4O. The summed E-state index contributed by atoms with van der Waals surface area (Å²) < 4.78 is 0. The Kier molecular flexibility index (Phi) is 1.39. The quantitative estimate of drug-likeness (QED) is 0.490. The SMILES string of the molecule is O=C1c2cnncc2-c2n[nH]c3cccc1c23. The van der Waals surface area contributed by atoms with Crippen molar-refractivity contribution in [3.63, 3.8) is 0 Å². The Bertz CT molecular complexity index is 775. The van der Waals surface area contributed by atoms with Crippen molar-refractivity contribution in [1.82, 2.24) is 20.4 Å². The van der Waals surface area contributed by atoms with Gasteiger partial charge in [0, 0.05) is 16.5 Å². The van der Waals surface area contributed by atoms with Crippen LogP contribution in [0.3, 0.4) is 0 Å². The van der Waals surface area contributed by atoms with Crippen LogP contribution in [0.5, 0.6) is 0 Å². The number of aromatic amines is 1. The van der Waals surface area contributed by atoms with Gasteiger partial charge in [0.05, 0.1) is 23.5 Å². The Labute approximate surface area is 95.5 Å². The molecule has 80 valence electrons. The number of benzene rings is 1. The number of hydrogen-bond donors (Lipinski definition) is 1. The van der Waals surface area contributed by atoms with Crippen molar-refractivity contribution in [1.29, 1.82) is 0 Å². The van der Waals surface area contributed by atoms with Crippen molar-refractivity contribution in [2.24, 2.45) is 0 Å². The molecule has 4 rings (SSSR count). The first kappa shape index (κ1) is 8.58. The lowest BCUT2D eigenvalue weighted by molar-refractivity contribution is 0.103. The smallest absolute Gasteiger partial charge is 0.196 e. The summed E-state index contributed by atoms with van der Waals surface area (Å²) in [5.74, 6) is -0.0191. The highest BCUT2D eigenvalue weighted by Gasteiger charge is 2.27. The highest BCUT2D eigenvalue weighted by Crippen LogP contribution is 2.36. The van der Waals surface area contributed by atoms with Crippen molar-refractivity contribution in [2.75, 3.05) is 0 Å². The van der Waals surface area contributed by atoms with E-state index in [0.717, 1.165) is 22.2 Å². The topological polar surface area (TPSA) is 71.5 Å². The largest absolute Gasteiger partial charge is 0.288 e. The maximum atomic E-state index is 12.3. The van der Waals surface area contributed by atoms with E-state index in [-0.39, 0.29) is 5.78 Å². The third-order valence-electron chi connectivity index (χ3n) is 3.06. The molecule has 5 nitrogen and oxygen atoms in total. The van der Waals surface area contributed by atoms with E-state index in [4.69, 9.17) is 0 Å². The monoisotopic (exact) mass is 222 g/mol. The van der Waals surface area contributed by atoms with E-state index in [9.17, 15) is 4.79 Å². The van der Waals surface area contributed by atoms with Crippen molar-refractivity contribution in [3.8, 4) is 11.3 Å². The predicted molar refractivity (Wildman–Crippen MR) is 60.6 cm³/mol. The summed E-state index contributed by atoms with van der Waals surface area (Å²) in [5, 5.41) is 15.6. The van der Waals surface area contributed by atoms with Gasteiger partial charge in [0.15, 0.2) is 5.78 Å². The molecule has 1 aliphatic rings.